The van der Waals surface area contributed by atoms with E-state index in [1.54, 1.807) is 25.1 Å². The number of nitrogens with one attached hydrogen (secondary N) is 1. The second-order valence-corrected chi connectivity index (χ2v) is 12.2. The molecule has 0 aliphatic heterocycles. The average molecular weight is 591 g/mol. The zero-order valence-corrected chi connectivity index (χ0v) is 24.7. The van der Waals surface area contributed by atoms with Crippen LogP contribution in [0.25, 0.3) is 0 Å². The summed E-state index contributed by atoms with van der Waals surface area (Å²) in [4.78, 5) is 28.4. The van der Waals surface area contributed by atoms with Gasteiger partial charge in [0, 0.05) is 22.6 Å². The maximum atomic E-state index is 13.9. The maximum absolute atomic E-state index is 13.9. The van der Waals surface area contributed by atoms with Crippen molar-refractivity contribution in [3.63, 3.8) is 0 Å². The molecule has 0 saturated carbocycles. The van der Waals surface area contributed by atoms with Crippen molar-refractivity contribution in [2.45, 2.75) is 57.6 Å². The molecule has 0 radical (unpaired) electrons. The standard InChI is InChI=1S/C29H33Cl2N3O4S/c1-5-21(3)32-29(36)22(4)33(18-23-13-11-20(2)12-14-23)28(35)19-34(26-16-24(30)15-25(31)17-26)39(37,38)27-9-7-6-8-10-27/h6-17,21-22H,5,18-19H2,1-4H3,(H,32,36)/t21-,22-/m0/s1. The maximum Gasteiger partial charge on any atom is 0.264 e. The summed E-state index contributed by atoms with van der Waals surface area (Å²) in [6.45, 7) is 6.97. The second kappa shape index (κ2) is 13.3. The minimum atomic E-state index is -4.20. The number of anilines is 1. The molecule has 208 valence electrons. The van der Waals surface area contributed by atoms with Gasteiger partial charge < -0.3 is 10.2 Å². The molecule has 0 fully saturated rings. The Hall–Kier alpha value is -3.07. The normalized spacial score (nSPS) is 12.9. The van der Waals surface area contributed by atoms with Crippen LogP contribution in [0.2, 0.25) is 10.0 Å². The highest BCUT2D eigenvalue weighted by molar-refractivity contribution is 7.92. The van der Waals surface area contributed by atoms with E-state index < -0.39 is 28.5 Å². The second-order valence-electron chi connectivity index (χ2n) is 9.45. The van der Waals surface area contributed by atoms with Crippen LogP contribution in [0.15, 0.2) is 77.7 Å². The number of sulfonamides is 1. The van der Waals surface area contributed by atoms with Crippen molar-refractivity contribution in [1.29, 1.82) is 0 Å². The first-order chi connectivity index (χ1) is 18.4. The van der Waals surface area contributed by atoms with Crippen LogP contribution in [0.1, 0.15) is 38.3 Å². The minimum absolute atomic E-state index is 0.00143. The molecule has 0 aliphatic rings. The van der Waals surface area contributed by atoms with E-state index in [-0.39, 0.29) is 39.1 Å². The number of hydrogen-bond acceptors (Lipinski definition) is 4. The van der Waals surface area contributed by atoms with Crippen LogP contribution < -0.4 is 9.62 Å². The first-order valence-electron chi connectivity index (χ1n) is 12.6. The van der Waals surface area contributed by atoms with E-state index in [4.69, 9.17) is 23.2 Å². The van der Waals surface area contributed by atoms with E-state index >= 15 is 0 Å². The van der Waals surface area contributed by atoms with Crippen molar-refractivity contribution in [2.24, 2.45) is 0 Å². The highest BCUT2D eigenvalue weighted by Crippen LogP contribution is 2.30. The molecular weight excluding hydrogens is 557 g/mol. The lowest BCUT2D eigenvalue weighted by Crippen LogP contribution is -2.52. The lowest BCUT2D eigenvalue weighted by molar-refractivity contribution is -0.139. The van der Waals surface area contributed by atoms with Gasteiger partial charge in [0.25, 0.3) is 10.0 Å². The Kier molecular flexibility index (Phi) is 10.4. The van der Waals surface area contributed by atoms with E-state index in [0.717, 1.165) is 21.9 Å². The Morgan fingerprint density at radius 3 is 2.08 bits per heavy atom. The van der Waals surface area contributed by atoms with Crippen LogP contribution >= 0.6 is 23.2 Å². The molecule has 1 N–H and O–H groups in total. The van der Waals surface area contributed by atoms with Gasteiger partial charge in [0.05, 0.1) is 10.6 Å². The van der Waals surface area contributed by atoms with Crippen molar-refractivity contribution in [3.05, 3.63) is 94.0 Å². The van der Waals surface area contributed by atoms with Crippen molar-refractivity contribution >= 4 is 50.7 Å². The summed E-state index contributed by atoms with van der Waals surface area (Å²) in [5, 5.41) is 3.35. The molecule has 0 spiro atoms. The fraction of sp³-hybridized carbons (Fsp3) is 0.310. The Labute approximate surface area is 240 Å². The van der Waals surface area contributed by atoms with Crippen molar-refractivity contribution in [3.8, 4) is 0 Å². The third kappa shape index (κ3) is 7.97. The number of nitrogens with zero attached hydrogens (tertiary/aromatic N) is 2. The van der Waals surface area contributed by atoms with Gasteiger partial charge in [0.1, 0.15) is 12.6 Å². The quantitative estimate of drug-likeness (QED) is 0.305. The third-order valence-corrected chi connectivity index (χ3v) is 8.61. The number of benzene rings is 3. The van der Waals surface area contributed by atoms with Gasteiger partial charge in [0.2, 0.25) is 11.8 Å². The Balaban J connectivity index is 2.04. The first kappa shape index (κ1) is 30.5. The van der Waals surface area contributed by atoms with Crippen molar-refractivity contribution < 1.29 is 18.0 Å². The molecule has 10 heteroatoms. The van der Waals surface area contributed by atoms with Crippen LogP contribution in [0, 0.1) is 6.92 Å². The largest absolute Gasteiger partial charge is 0.352 e. The van der Waals surface area contributed by atoms with Gasteiger partial charge in [0.15, 0.2) is 0 Å². The minimum Gasteiger partial charge on any atom is -0.352 e. The van der Waals surface area contributed by atoms with Crippen LogP contribution in [0.5, 0.6) is 0 Å². The topological polar surface area (TPSA) is 86.8 Å². The molecular formula is C29H33Cl2N3O4S. The number of halogens is 2. The molecule has 3 aromatic carbocycles. The number of amides is 2. The fourth-order valence-corrected chi connectivity index (χ4v) is 5.80. The van der Waals surface area contributed by atoms with Crippen LogP contribution in [-0.2, 0) is 26.2 Å². The third-order valence-electron chi connectivity index (χ3n) is 6.39. The molecule has 0 bridgehead atoms. The molecule has 0 heterocycles. The summed E-state index contributed by atoms with van der Waals surface area (Å²) in [7, 11) is -4.20. The zero-order chi connectivity index (χ0) is 28.7. The highest BCUT2D eigenvalue weighted by atomic mass is 35.5. The molecule has 0 unspecified atom stereocenters. The van der Waals surface area contributed by atoms with Gasteiger partial charge in [-0.15, -0.1) is 0 Å². The zero-order valence-electron chi connectivity index (χ0n) is 22.4. The number of hydrogen-bond donors (Lipinski definition) is 1. The Morgan fingerprint density at radius 1 is 0.923 bits per heavy atom. The number of carbonyl (C=O) groups excluding carboxylic acids is 2. The summed E-state index contributed by atoms with van der Waals surface area (Å²) in [6.07, 6.45) is 0.725. The SMILES string of the molecule is CC[C@H](C)NC(=O)[C@H](C)N(Cc1ccc(C)cc1)C(=O)CN(c1cc(Cl)cc(Cl)c1)S(=O)(=O)c1ccccc1. The molecule has 7 nitrogen and oxygen atoms in total. The van der Waals surface area contributed by atoms with Crippen LogP contribution in [-0.4, -0.2) is 43.8 Å². The molecule has 0 saturated heterocycles. The van der Waals surface area contributed by atoms with Gasteiger partial charge >= 0.3 is 0 Å². The molecule has 0 aromatic heterocycles. The van der Waals surface area contributed by atoms with Gasteiger partial charge in [-0.1, -0.05) is 78.2 Å². The summed E-state index contributed by atoms with van der Waals surface area (Å²) < 4.78 is 28.6. The predicted octanol–water partition coefficient (Wildman–Crippen LogP) is 5.83. The smallest absolute Gasteiger partial charge is 0.264 e. The predicted molar refractivity (Wildman–Crippen MR) is 157 cm³/mol. The summed E-state index contributed by atoms with van der Waals surface area (Å²) in [5.74, 6) is -0.883. The van der Waals surface area contributed by atoms with Gasteiger partial charge in [-0.2, -0.15) is 0 Å². The van der Waals surface area contributed by atoms with E-state index in [0.29, 0.717) is 0 Å². The Morgan fingerprint density at radius 2 is 1.51 bits per heavy atom. The molecule has 39 heavy (non-hydrogen) atoms. The van der Waals surface area contributed by atoms with Crippen molar-refractivity contribution in [2.75, 3.05) is 10.8 Å². The fourth-order valence-electron chi connectivity index (χ4n) is 3.87. The summed E-state index contributed by atoms with van der Waals surface area (Å²) >= 11 is 12.4. The van der Waals surface area contributed by atoms with Gasteiger partial charge in [-0.25, -0.2) is 8.42 Å². The summed E-state index contributed by atoms with van der Waals surface area (Å²) in [6, 6.07) is 18.8. The lowest BCUT2D eigenvalue weighted by Gasteiger charge is -2.32. The molecule has 3 aromatic rings. The molecule has 2 atom stereocenters. The van der Waals surface area contributed by atoms with Crippen LogP contribution in [0.4, 0.5) is 5.69 Å². The van der Waals surface area contributed by atoms with Gasteiger partial charge in [-0.05, 0) is 63.1 Å². The van der Waals surface area contributed by atoms with E-state index in [9.17, 15) is 18.0 Å². The number of aryl methyl sites for hydroxylation is 1. The van der Waals surface area contributed by atoms with Crippen molar-refractivity contribution in [1.82, 2.24) is 10.2 Å². The van der Waals surface area contributed by atoms with E-state index in [1.165, 1.54) is 35.2 Å². The highest BCUT2D eigenvalue weighted by Gasteiger charge is 2.33. The lowest BCUT2D eigenvalue weighted by atomic mass is 10.1. The van der Waals surface area contributed by atoms with Crippen LogP contribution in [0.3, 0.4) is 0 Å². The molecule has 0 aliphatic carbocycles. The number of rotatable bonds is 11. The Bertz CT molecular complexity index is 1380. The summed E-state index contributed by atoms with van der Waals surface area (Å²) in [5.41, 5.74) is 1.99. The van der Waals surface area contributed by atoms with E-state index in [2.05, 4.69) is 5.32 Å². The molecule has 3 rings (SSSR count). The van der Waals surface area contributed by atoms with E-state index in [1.807, 2.05) is 45.0 Å². The molecule has 2 amide bonds. The van der Waals surface area contributed by atoms with Gasteiger partial charge in [-0.3, -0.25) is 13.9 Å². The number of carbonyl (C=O) groups is 2. The first-order valence-corrected chi connectivity index (χ1v) is 14.8. The monoisotopic (exact) mass is 589 g/mol. The average Bonchev–Trinajstić information content (AvgIpc) is 2.90.